The van der Waals surface area contributed by atoms with Gasteiger partial charge in [0.05, 0.1) is 13.2 Å². The number of amides is 1. The maximum Gasteiger partial charge on any atom is 0.472 e. The van der Waals surface area contributed by atoms with Gasteiger partial charge in [0.1, 0.15) is 12.7 Å². The quantitative estimate of drug-likeness (QED) is 0.0201. The van der Waals surface area contributed by atoms with Crippen LogP contribution >= 0.6 is 7.82 Å². The van der Waals surface area contributed by atoms with Gasteiger partial charge in [0.15, 0.2) is 6.04 Å². The molecule has 11 nitrogen and oxygen atoms in total. The minimum absolute atomic E-state index is 0.135. The number of aliphatic hydroxyl groups is 1. The SMILES string of the molecule is CCCCC/C=C\C/C=C\CCCCCCCCCC(=O)NC(COP(=O)(O)OCC(O)COC(=O)CCCCCCCCC/C=C\C/C=C\CCCCC)C(=O)O. The third-order valence-corrected chi connectivity index (χ3v) is 10.5. The Morgan fingerprint density at radius 2 is 0.948 bits per heavy atom. The minimum atomic E-state index is -4.76. The van der Waals surface area contributed by atoms with Crippen molar-refractivity contribution in [2.75, 3.05) is 19.8 Å². The number of nitrogens with one attached hydrogen (secondary N) is 1. The predicted molar refractivity (Wildman–Crippen MR) is 235 cm³/mol. The Balaban J connectivity index is 3.91. The summed E-state index contributed by atoms with van der Waals surface area (Å²) in [5, 5.41) is 21.8. The van der Waals surface area contributed by atoms with Gasteiger partial charge in [-0.1, -0.05) is 152 Å². The van der Waals surface area contributed by atoms with E-state index in [1.54, 1.807) is 0 Å². The molecule has 12 heteroatoms. The van der Waals surface area contributed by atoms with Crippen LogP contribution in [0.1, 0.15) is 194 Å². The van der Waals surface area contributed by atoms with E-state index >= 15 is 0 Å². The minimum Gasteiger partial charge on any atom is -0.480 e. The summed E-state index contributed by atoms with van der Waals surface area (Å²) in [5.74, 6) is -2.39. The van der Waals surface area contributed by atoms with E-state index in [0.29, 0.717) is 12.8 Å². The van der Waals surface area contributed by atoms with E-state index in [1.165, 1.54) is 77.0 Å². The zero-order chi connectivity index (χ0) is 42.8. The zero-order valence-corrected chi connectivity index (χ0v) is 37.2. The molecule has 58 heavy (non-hydrogen) atoms. The van der Waals surface area contributed by atoms with E-state index in [1.807, 2.05) is 0 Å². The molecule has 0 aromatic rings. The van der Waals surface area contributed by atoms with Crippen LogP contribution in [0.4, 0.5) is 0 Å². The highest BCUT2D eigenvalue weighted by atomic mass is 31.2. The first-order valence-corrected chi connectivity index (χ1v) is 24.2. The van der Waals surface area contributed by atoms with Gasteiger partial charge in [-0.2, -0.15) is 0 Å². The average Bonchev–Trinajstić information content (AvgIpc) is 3.20. The first kappa shape index (κ1) is 55.4. The van der Waals surface area contributed by atoms with Crippen LogP contribution in [0, 0.1) is 0 Å². The summed E-state index contributed by atoms with van der Waals surface area (Å²) in [5.41, 5.74) is 0. The second-order valence-electron chi connectivity index (χ2n) is 15.2. The van der Waals surface area contributed by atoms with Gasteiger partial charge in [0.2, 0.25) is 5.91 Å². The summed E-state index contributed by atoms with van der Waals surface area (Å²) in [7, 11) is -4.76. The Morgan fingerprint density at radius 1 is 0.552 bits per heavy atom. The van der Waals surface area contributed by atoms with Crippen LogP contribution in [0.15, 0.2) is 48.6 Å². The third-order valence-electron chi connectivity index (χ3n) is 9.59. The average molecular weight is 840 g/mol. The van der Waals surface area contributed by atoms with Crippen molar-refractivity contribution < 1.29 is 47.8 Å². The molecular weight excluding hydrogens is 757 g/mol. The molecule has 0 aromatic heterocycles. The fourth-order valence-electron chi connectivity index (χ4n) is 6.02. The molecule has 4 N–H and O–H groups in total. The maximum atomic E-state index is 12.3. The third kappa shape index (κ3) is 40.2. The van der Waals surface area contributed by atoms with Gasteiger partial charge in [-0.15, -0.1) is 0 Å². The van der Waals surface area contributed by atoms with Crippen LogP contribution < -0.4 is 5.32 Å². The summed E-state index contributed by atoms with van der Waals surface area (Å²) in [6.07, 6.45) is 45.5. The van der Waals surface area contributed by atoms with Crippen molar-refractivity contribution in [1.82, 2.24) is 5.32 Å². The Kier molecular flexibility index (Phi) is 39.4. The monoisotopic (exact) mass is 840 g/mol. The van der Waals surface area contributed by atoms with Crippen molar-refractivity contribution in [2.45, 2.75) is 206 Å². The first-order valence-electron chi connectivity index (χ1n) is 22.7. The molecule has 0 fully saturated rings. The number of phosphoric acid groups is 1. The highest BCUT2D eigenvalue weighted by molar-refractivity contribution is 7.47. The number of aliphatic carboxylic acids is 1. The molecule has 0 saturated carbocycles. The number of hydrogen-bond donors (Lipinski definition) is 4. The maximum absolute atomic E-state index is 12.3. The van der Waals surface area contributed by atoms with Crippen LogP contribution in [-0.4, -0.2) is 64.9 Å². The molecule has 0 aromatic carbocycles. The molecule has 1 amide bonds. The van der Waals surface area contributed by atoms with E-state index < -0.39 is 57.6 Å². The summed E-state index contributed by atoms with van der Waals surface area (Å²) in [6.45, 7) is 2.53. The fourth-order valence-corrected chi connectivity index (χ4v) is 6.79. The second-order valence-corrected chi connectivity index (χ2v) is 16.7. The molecule has 3 atom stereocenters. The van der Waals surface area contributed by atoms with Crippen molar-refractivity contribution in [2.24, 2.45) is 0 Å². The van der Waals surface area contributed by atoms with Crippen LogP contribution in [0.2, 0.25) is 0 Å². The van der Waals surface area contributed by atoms with Crippen molar-refractivity contribution in [3.05, 3.63) is 48.6 Å². The van der Waals surface area contributed by atoms with Gasteiger partial charge in [-0.25, -0.2) is 9.36 Å². The molecule has 0 aliphatic rings. The number of aliphatic hydroxyl groups excluding tert-OH is 1. The number of carbonyl (C=O) groups is 3. The van der Waals surface area contributed by atoms with Gasteiger partial charge in [0, 0.05) is 12.8 Å². The van der Waals surface area contributed by atoms with Crippen molar-refractivity contribution in [3.8, 4) is 0 Å². The van der Waals surface area contributed by atoms with Gasteiger partial charge >= 0.3 is 19.8 Å². The molecule has 0 aliphatic carbocycles. The summed E-state index contributed by atoms with van der Waals surface area (Å²) >= 11 is 0. The molecule has 0 bridgehead atoms. The molecule has 0 radical (unpaired) electrons. The fraction of sp³-hybridized carbons (Fsp3) is 0.761. The Morgan fingerprint density at radius 3 is 1.40 bits per heavy atom. The number of esters is 1. The second kappa shape index (κ2) is 41.2. The Bertz CT molecular complexity index is 1170. The molecule has 0 saturated heterocycles. The number of carboxylic acid groups (broad SMARTS) is 1. The predicted octanol–water partition coefficient (Wildman–Crippen LogP) is 11.8. The summed E-state index contributed by atoms with van der Waals surface area (Å²) in [4.78, 5) is 46.0. The Hall–Kier alpha value is -2.56. The van der Waals surface area contributed by atoms with E-state index in [2.05, 4.69) is 67.8 Å². The summed E-state index contributed by atoms with van der Waals surface area (Å²) < 4.78 is 26.8. The number of unbranched alkanes of at least 4 members (excludes halogenated alkanes) is 20. The number of rotatable bonds is 42. The van der Waals surface area contributed by atoms with Crippen molar-refractivity contribution in [3.63, 3.8) is 0 Å². The molecule has 0 rings (SSSR count). The first-order chi connectivity index (χ1) is 28.1. The van der Waals surface area contributed by atoms with Crippen LogP contribution in [0.3, 0.4) is 0 Å². The van der Waals surface area contributed by atoms with Crippen LogP contribution in [0.25, 0.3) is 0 Å². The Labute approximate surface area is 352 Å². The largest absolute Gasteiger partial charge is 0.480 e. The van der Waals surface area contributed by atoms with Crippen molar-refractivity contribution in [1.29, 1.82) is 0 Å². The van der Waals surface area contributed by atoms with E-state index in [-0.39, 0.29) is 12.8 Å². The number of carbonyl (C=O) groups excluding carboxylic acids is 2. The number of carboxylic acids is 1. The lowest BCUT2D eigenvalue weighted by Crippen LogP contribution is -2.43. The highest BCUT2D eigenvalue weighted by Gasteiger charge is 2.28. The lowest BCUT2D eigenvalue weighted by Gasteiger charge is -2.18. The van der Waals surface area contributed by atoms with Crippen molar-refractivity contribution >= 4 is 25.7 Å². The lowest BCUT2D eigenvalue weighted by molar-refractivity contribution is -0.147. The summed E-state index contributed by atoms with van der Waals surface area (Å²) in [6, 6.07) is -1.55. The number of ether oxygens (including phenoxy) is 1. The zero-order valence-electron chi connectivity index (χ0n) is 36.3. The highest BCUT2D eigenvalue weighted by Crippen LogP contribution is 2.43. The smallest absolute Gasteiger partial charge is 0.472 e. The van der Waals surface area contributed by atoms with Gasteiger partial charge in [0.25, 0.3) is 0 Å². The van der Waals surface area contributed by atoms with Crippen LogP contribution in [0.5, 0.6) is 0 Å². The molecule has 0 heterocycles. The molecule has 0 spiro atoms. The molecule has 0 aliphatic heterocycles. The topological polar surface area (TPSA) is 169 Å². The standard InChI is InChI=1S/C46H82NO10P/c1-3-5-7-9-11-13-15-17-19-21-23-25-27-29-31-33-35-37-44(49)47-43(46(51)52)41-57-58(53,54)56-40-42(48)39-55-45(50)38-36-34-32-30-28-26-24-22-20-18-16-14-12-10-8-6-4-2/h11-14,17-20,42-43,48H,3-10,15-16,21-41H2,1-2H3,(H,47,49)(H,51,52)(H,53,54)/b13-11-,14-12-,19-17-,20-18-. The molecule has 3 unspecified atom stereocenters. The van der Waals surface area contributed by atoms with E-state index in [0.717, 1.165) is 77.0 Å². The van der Waals surface area contributed by atoms with E-state index in [9.17, 15) is 34.1 Å². The number of phosphoric ester groups is 1. The molecule has 336 valence electrons. The van der Waals surface area contributed by atoms with Gasteiger partial charge in [-0.3, -0.25) is 18.6 Å². The van der Waals surface area contributed by atoms with Gasteiger partial charge in [-0.05, 0) is 77.0 Å². The lowest BCUT2D eigenvalue weighted by atomic mass is 10.1. The number of allylic oxidation sites excluding steroid dienone is 8. The number of hydrogen-bond acceptors (Lipinski definition) is 8. The van der Waals surface area contributed by atoms with E-state index in [4.69, 9.17) is 13.8 Å². The molecular formula is C46H82NO10P. The van der Waals surface area contributed by atoms with Crippen LogP contribution in [-0.2, 0) is 32.7 Å². The van der Waals surface area contributed by atoms with Gasteiger partial charge < -0.3 is 25.2 Å². The normalized spacial score (nSPS) is 14.1.